The van der Waals surface area contributed by atoms with Gasteiger partial charge < -0.3 is 19.6 Å². The molecule has 2 aliphatic rings. The summed E-state index contributed by atoms with van der Waals surface area (Å²) in [6, 6.07) is 16.6. The summed E-state index contributed by atoms with van der Waals surface area (Å²) in [6.07, 6.45) is 6.05. The molecule has 0 bridgehead atoms. The van der Waals surface area contributed by atoms with Gasteiger partial charge in [0.1, 0.15) is 0 Å². The van der Waals surface area contributed by atoms with E-state index in [2.05, 4.69) is 43.9 Å². The van der Waals surface area contributed by atoms with Gasteiger partial charge in [-0.25, -0.2) is 0 Å². The maximum atomic E-state index is 5.98. The molecule has 2 aromatic carbocycles. The number of benzene rings is 2. The fraction of sp³-hybridized carbons (Fsp3) is 0.586. The van der Waals surface area contributed by atoms with Crippen LogP contribution in [-0.2, 0) is 12.8 Å². The smallest absolute Gasteiger partial charge is 0.0406 e. The average molecular weight is 518 g/mol. The van der Waals surface area contributed by atoms with E-state index >= 15 is 0 Å². The Hall–Kier alpha value is -1.14. The Bertz CT molecular complexity index is 770. The Kier molecular flexibility index (Phi) is 11.2. The van der Waals surface area contributed by atoms with E-state index in [1.807, 2.05) is 24.3 Å². The van der Waals surface area contributed by atoms with Crippen molar-refractivity contribution in [3.8, 4) is 0 Å². The largest absolute Gasteiger partial charge is 0.301 e. The van der Waals surface area contributed by atoms with Gasteiger partial charge in [-0.3, -0.25) is 0 Å². The van der Waals surface area contributed by atoms with Gasteiger partial charge in [0.05, 0.1) is 0 Å². The standard InChI is InChI=1S/C29H42Cl2N4/c30-28-10-6-26(7-11-28)4-1-14-32-18-22-34(23-19-32)16-3-17-35-24-20-33(21-25-35)15-2-5-27-8-12-29(31)13-9-27/h6-13H,1-5,14-25H2. The molecule has 192 valence electrons. The highest BCUT2D eigenvalue weighted by atomic mass is 35.5. The van der Waals surface area contributed by atoms with Gasteiger partial charge >= 0.3 is 0 Å². The number of hydrogen-bond acceptors (Lipinski definition) is 4. The second-order valence-electron chi connectivity index (χ2n) is 10.2. The van der Waals surface area contributed by atoms with Gasteiger partial charge in [0.15, 0.2) is 0 Å². The lowest BCUT2D eigenvalue weighted by Crippen LogP contribution is -2.48. The van der Waals surface area contributed by atoms with Gasteiger partial charge in [-0.1, -0.05) is 47.5 Å². The molecule has 0 radical (unpaired) electrons. The molecule has 0 aliphatic carbocycles. The van der Waals surface area contributed by atoms with Crippen LogP contribution in [0.4, 0.5) is 0 Å². The number of piperazine rings is 2. The highest BCUT2D eigenvalue weighted by Gasteiger charge is 2.18. The van der Waals surface area contributed by atoms with Crippen LogP contribution in [0.15, 0.2) is 48.5 Å². The highest BCUT2D eigenvalue weighted by molar-refractivity contribution is 6.30. The Balaban J connectivity index is 0.999. The molecule has 0 spiro atoms. The van der Waals surface area contributed by atoms with Gasteiger partial charge in [0.25, 0.3) is 0 Å². The van der Waals surface area contributed by atoms with Gasteiger partial charge in [-0.15, -0.1) is 0 Å². The van der Waals surface area contributed by atoms with Crippen LogP contribution in [0.3, 0.4) is 0 Å². The van der Waals surface area contributed by atoms with Crippen molar-refractivity contribution in [3.05, 3.63) is 69.7 Å². The maximum Gasteiger partial charge on any atom is 0.0406 e. The van der Waals surface area contributed by atoms with Crippen LogP contribution < -0.4 is 0 Å². The third-order valence-corrected chi connectivity index (χ3v) is 8.09. The summed E-state index contributed by atoms with van der Waals surface area (Å²) < 4.78 is 0. The number of aryl methyl sites for hydroxylation is 2. The van der Waals surface area contributed by atoms with E-state index < -0.39 is 0 Å². The molecule has 35 heavy (non-hydrogen) atoms. The summed E-state index contributed by atoms with van der Waals surface area (Å²) in [7, 11) is 0. The molecule has 0 aromatic heterocycles. The van der Waals surface area contributed by atoms with Crippen molar-refractivity contribution < 1.29 is 0 Å². The molecule has 0 unspecified atom stereocenters. The lowest BCUT2D eigenvalue weighted by Gasteiger charge is -2.36. The van der Waals surface area contributed by atoms with Crippen LogP contribution in [0.25, 0.3) is 0 Å². The van der Waals surface area contributed by atoms with Gasteiger partial charge in [0.2, 0.25) is 0 Å². The molecule has 2 saturated heterocycles. The number of hydrogen-bond donors (Lipinski definition) is 0. The topological polar surface area (TPSA) is 13.0 Å². The molecule has 0 N–H and O–H groups in total. The molecule has 0 atom stereocenters. The minimum atomic E-state index is 0.827. The highest BCUT2D eigenvalue weighted by Crippen LogP contribution is 2.13. The first-order valence-corrected chi connectivity index (χ1v) is 14.3. The first kappa shape index (κ1) is 26.9. The predicted molar refractivity (Wildman–Crippen MR) is 150 cm³/mol. The van der Waals surface area contributed by atoms with Crippen molar-refractivity contribution in [2.45, 2.75) is 32.1 Å². The Morgan fingerprint density at radius 3 is 1.03 bits per heavy atom. The molecule has 2 aromatic rings. The Labute approximate surface area is 222 Å². The summed E-state index contributed by atoms with van der Waals surface area (Å²) in [5.41, 5.74) is 2.79. The summed E-state index contributed by atoms with van der Waals surface area (Å²) >= 11 is 12.0. The predicted octanol–water partition coefficient (Wildman–Crippen LogP) is 5.18. The summed E-state index contributed by atoms with van der Waals surface area (Å²) in [5, 5.41) is 1.65. The molecule has 0 saturated carbocycles. The van der Waals surface area contributed by atoms with E-state index in [1.54, 1.807) is 0 Å². The second-order valence-corrected chi connectivity index (χ2v) is 11.1. The fourth-order valence-electron chi connectivity index (χ4n) is 5.31. The fourth-order valence-corrected chi connectivity index (χ4v) is 5.56. The third kappa shape index (κ3) is 9.68. The molecule has 4 rings (SSSR count). The van der Waals surface area contributed by atoms with Crippen molar-refractivity contribution in [2.75, 3.05) is 78.5 Å². The summed E-state index contributed by atoms with van der Waals surface area (Å²) in [4.78, 5) is 10.6. The maximum absolute atomic E-state index is 5.98. The second kappa shape index (κ2) is 14.6. The van der Waals surface area contributed by atoms with Crippen LogP contribution in [0.5, 0.6) is 0 Å². The molecule has 0 amide bonds. The number of nitrogens with zero attached hydrogens (tertiary/aromatic N) is 4. The molecule has 6 heteroatoms. The van der Waals surface area contributed by atoms with E-state index in [1.165, 1.54) is 109 Å². The first-order valence-electron chi connectivity index (χ1n) is 13.5. The SMILES string of the molecule is Clc1ccc(CCCN2CCN(CCCN3CCN(CCCc4ccc(Cl)cc4)CC3)CC2)cc1. The van der Waals surface area contributed by atoms with E-state index in [0.29, 0.717) is 0 Å². The Morgan fingerprint density at radius 1 is 0.429 bits per heavy atom. The van der Waals surface area contributed by atoms with Gasteiger partial charge in [-0.05, 0) is 93.7 Å². The molecule has 2 fully saturated rings. The zero-order valence-electron chi connectivity index (χ0n) is 21.2. The van der Waals surface area contributed by atoms with E-state index in [0.717, 1.165) is 22.9 Å². The Morgan fingerprint density at radius 2 is 0.714 bits per heavy atom. The zero-order valence-corrected chi connectivity index (χ0v) is 22.7. The lowest BCUT2D eigenvalue weighted by molar-refractivity contribution is 0.110. The van der Waals surface area contributed by atoms with Crippen LogP contribution in [-0.4, -0.2) is 98.1 Å². The van der Waals surface area contributed by atoms with E-state index in [9.17, 15) is 0 Å². The molecular weight excluding hydrogens is 475 g/mol. The molecule has 2 aliphatic heterocycles. The van der Waals surface area contributed by atoms with E-state index in [4.69, 9.17) is 23.2 Å². The first-order chi connectivity index (χ1) is 17.1. The molecule has 4 nitrogen and oxygen atoms in total. The monoisotopic (exact) mass is 516 g/mol. The van der Waals surface area contributed by atoms with Crippen molar-refractivity contribution >= 4 is 23.2 Å². The summed E-state index contributed by atoms with van der Waals surface area (Å²) in [5.74, 6) is 0. The summed E-state index contributed by atoms with van der Waals surface area (Å²) in [6.45, 7) is 14.7. The number of rotatable bonds is 12. The minimum absolute atomic E-state index is 0.827. The van der Waals surface area contributed by atoms with Crippen molar-refractivity contribution in [2.24, 2.45) is 0 Å². The van der Waals surface area contributed by atoms with Crippen LogP contribution in [0.1, 0.15) is 30.4 Å². The lowest BCUT2D eigenvalue weighted by atomic mass is 10.1. The van der Waals surface area contributed by atoms with Crippen LogP contribution >= 0.6 is 23.2 Å². The third-order valence-electron chi connectivity index (χ3n) is 7.58. The van der Waals surface area contributed by atoms with Crippen LogP contribution in [0, 0.1) is 0 Å². The molecule has 2 heterocycles. The minimum Gasteiger partial charge on any atom is -0.301 e. The van der Waals surface area contributed by atoms with Crippen LogP contribution in [0.2, 0.25) is 10.0 Å². The molecular formula is C29H42Cl2N4. The van der Waals surface area contributed by atoms with Crippen molar-refractivity contribution in [3.63, 3.8) is 0 Å². The number of halogens is 2. The van der Waals surface area contributed by atoms with Gasteiger partial charge in [-0.2, -0.15) is 0 Å². The van der Waals surface area contributed by atoms with Crippen molar-refractivity contribution in [1.29, 1.82) is 0 Å². The zero-order chi connectivity index (χ0) is 24.3. The van der Waals surface area contributed by atoms with Gasteiger partial charge in [0, 0.05) is 62.4 Å². The van der Waals surface area contributed by atoms with Crippen molar-refractivity contribution in [1.82, 2.24) is 19.6 Å². The quantitative estimate of drug-likeness (QED) is 0.385. The normalized spacial score (nSPS) is 18.8. The average Bonchev–Trinajstić information content (AvgIpc) is 2.88. The van der Waals surface area contributed by atoms with E-state index in [-0.39, 0.29) is 0 Å².